The Kier molecular flexibility index (Phi) is 3.85. The average Bonchev–Trinajstić information content (AvgIpc) is 3.08. The van der Waals surface area contributed by atoms with Crippen molar-refractivity contribution in [3.63, 3.8) is 0 Å². The average molecular weight is 287 g/mol. The number of amides is 1. The van der Waals surface area contributed by atoms with Crippen LogP contribution in [0.1, 0.15) is 23.2 Å². The molecule has 18 heavy (non-hydrogen) atoms. The van der Waals surface area contributed by atoms with Crippen molar-refractivity contribution in [2.45, 2.75) is 18.4 Å². The van der Waals surface area contributed by atoms with Gasteiger partial charge in [-0.1, -0.05) is 23.7 Å². The molecule has 1 spiro atoms. The molecule has 1 aromatic carbocycles. The van der Waals surface area contributed by atoms with Gasteiger partial charge in [0.15, 0.2) is 0 Å². The smallest absolute Gasteiger partial charge is 0.255 e. The zero-order chi connectivity index (χ0) is 11.9. The van der Waals surface area contributed by atoms with E-state index in [9.17, 15) is 4.79 Å². The van der Waals surface area contributed by atoms with Gasteiger partial charge < -0.3 is 10.2 Å². The first-order chi connectivity index (χ1) is 8.20. The summed E-state index contributed by atoms with van der Waals surface area (Å²) in [6.45, 7) is 2.47. The Hall–Kier alpha value is -0.770. The Morgan fingerprint density at radius 1 is 1.33 bits per heavy atom. The lowest BCUT2D eigenvalue weighted by atomic mass is 10.1. The second-order valence-corrected chi connectivity index (χ2v) is 5.32. The molecule has 0 atom stereocenters. The van der Waals surface area contributed by atoms with Crippen LogP contribution in [0.2, 0.25) is 5.02 Å². The van der Waals surface area contributed by atoms with E-state index in [1.165, 1.54) is 12.8 Å². The summed E-state index contributed by atoms with van der Waals surface area (Å²) in [7, 11) is 0. The summed E-state index contributed by atoms with van der Waals surface area (Å²) in [4.78, 5) is 14.3. The fourth-order valence-electron chi connectivity index (χ4n) is 2.42. The summed E-state index contributed by atoms with van der Waals surface area (Å²) in [6.07, 6.45) is 2.36. The van der Waals surface area contributed by atoms with Crippen LogP contribution in [-0.2, 0) is 0 Å². The molecule has 0 radical (unpaired) electrons. The van der Waals surface area contributed by atoms with Crippen molar-refractivity contribution in [1.29, 1.82) is 0 Å². The van der Waals surface area contributed by atoms with Crippen LogP contribution >= 0.6 is 24.0 Å². The highest BCUT2D eigenvalue weighted by Gasteiger charge is 2.46. The van der Waals surface area contributed by atoms with Crippen LogP contribution in [0.3, 0.4) is 0 Å². The number of halogens is 2. The number of nitrogens with one attached hydrogen (secondary N) is 1. The van der Waals surface area contributed by atoms with Gasteiger partial charge in [0.05, 0.1) is 10.6 Å². The number of nitrogens with zero attached hydrogens (tertiary/aromatic N) is 1. The maximum absolute atomic E-state index is 12.3. The lowest BCUT2D eigenvalue weighted by Crippen LogP contribution is -2.54. The van der Waals surface area contributed by atoms with Gasteiger partial charge in [0.1, 0.15) is 0 Å². The third-order valence-corrected chi connectivity index (χ3v) is 3.95. The molecule has 1 aliphatic heterocycles. The maximum atomic E-state index is 12.3. The highest BCUT2D eigenvalue weighted by molar-refractivity contribution is 6.33. The topological polar surface area (TPSA) is 32.3 Å². The maximum Gasteiger partial charge on any atom is 0.255 e. The molecule has 3 rings (SSSR count). The summed E-state index contributed by atoms with van der Waals surface area (Å²) in [6, 6.07) is 7.27. The molecule has 1 amide bonds. The second-order valence-electron chi connectivity index (χ2n) is 4.91. The number of hydrogen-bond acceptors (Lipinski definition) is 2. The molecule has 1 saturated carbocycles. The SMILES string of the molecule is Cl.O=C(c1ccccc1Cl)N1CCNC2(CC2)C1. The Morgan fingerprint density at radius 2 is 2.06 bits per heavy atom. The van der Waals surface area contributed by atoms with Crippen molar-refractivity contribution in [2.75, 3.05) is 19.6 Å². The zero-order valence-electron chi connectivity index (χ0n) is 9.99. The predicted octanol–water partition coefficient (Wildman–Crippen LogP) is 2.34. The minimum Gasteiger partial charge on any atom is -0.335 e. The fraction of sp³-hybridized carbons (Fsp3) is 0.462. The molecule has 2 fully saturated rings. The number of piperazine rings is 1. The second kappa shape index (κ2) is 5.08. The molecule has 2 aliphatic rings. The summed E-state index contributed by atoms with van der Waals surface area (Å²) >= 11 is 6.06. The molecule has 0 bridgehead atoms. The van der Waals surface area contributed by atoms with Crippen LogP contribution in [0.4, 0.5) is 0 Å². The summed E-state index contributed by atoms with van der Waals surface area (Å²) in [5, 5.41) is 4.04. The van der Waals surface area contributed by atoms with Gasteiger partial charge in [0.25, 0.3) is 5.91 Å². The predicted molar refractivity (Wildman–Crippen MR) is 74.6 cm³/mol. The fourth-order valence-corrected chi connectivity index (χ4v) is 2.64. The van der Waals surface area contributed by atoms with E-state index in [1.54, 1.807) is 12.1 Å². The molecular weight excluding hydrogens is 271 g/mol. The molecule has 1 saturated heterocycles. The van der Waals surface area contributed by atoms with E-state index in [4.69, 9.17) is 11.6 Å². The van der Waals surface area contributed by atoms with Gasteiger partial charge in [-0.2, -0.15) is 0 Å². The van der Waals surface area contributed by atoms with Crippen LogP contribution < -0.4 is 5.32 Å². The van der Waals surface area contributed by atoms with Gasteiger partial charge in [-0.15, -0.1) is 12.4 Å². The number of carbonyl (C=O) groups is 1. The lowest BCUT2D eigenvalue weighted by Gasteiger charge is -2.34. The first-order valence-corrected chi connectivity index (χ1v) is 6.37. The van der Waals surface area contributed by atoms with E-state index in [-0.39, 0.29) is 23.9 Å². The minimum absolute atomic E-state index is 0. The largest absolute Gasteiger partial charge is 0.335 e. The molecule has 3 nitrogen and oxygen atoms in total. The third kappa shape index (κ3) is 2.48. The summed E-state index contributed by atoms with van der Waals surface area (Å²) < 4.78 is 0. The summed E-state index contributed by atoms with van der Waals surface area (Å²) in [5.41, 5.74) is 0.835. The molecule has 0 aromatic heterocycles. The van der Waals surface area contributed by atoms with E-state index < -0.39 is 0 Å². The van der Waals surface area contributed by atoms with Gasteiger partial charge in [-0.25, -0.2) is 0 Å². The molecule has 98 valence electrons. The highest BCUT2D eigenvalue weighted by Crippen LogP contribution is 2.37. The molecule has 5 heteroatoms. The molecule has 1 aromatic rings. The van der Waals surface area contributed by atoms with Crippen LogP contribution in [0, 0.1) is 0 Å². The monoisotopic (exact) mass is 286 g/mol. The highest BCUT2D eigenvalue weighted by atomic mass is 35.5. The molecule has 1 aliphatic carbocycles. The number of hydrogen-bond donors (Lipinski definition) is 1. The van der Waals surface area contributed by atoms with E-state index in [1.807, 2.05) is 17.0 Å². The number of rotatable bonds is 1. The minimum atomic E-state index is 0. The van der Waals surface area contributed by atoms with Crippen molar-refractivity contribution in [1.82, 2.24) is 10.2 Å². The molecule has 1 heterocycles. The van der Waals surface area contributed by atoms with Gasteiger partial charge >= 0.3 is 0 Å². The van der Waals surface area contributed by atoms with E-state index in [0.717, 1.165) is 19.6 Å². The van der Waals surface area contributed by atoms with Crippen molar-refractivity contribution in [2.24, 2.45) is 0 Å². The Balaban J connectivity index is 0.00000120. The van der Waals surface area contributed by atoms with Gasteiger partial charge in [0.2, 0.25) is 0 Å². The van der Waals surface area contributed by atoms with Crippen molar-refractivity contribution >= 4 is 29.9 Å². The zero-order valence-corrected chi connectivity index (χ0v) is 11.6. The van der Waals surface area contributed by atoms with E-state index >= 15 is 0 Å². The first kappa shape index (κ1) is 13.7. The van der Waals surface area contributed by atoms with Crippen molar-refractivity contribution < 1.29 is 4.79 Å². The van der Waals surface area contributed by atoms with Crippen LogP contribution in [0.15, 0.2) is 24.3 Å². The first-order valence-electron chi connectivity index (χ1n) is 5.99. The standard InChI is InChI=1S/C13H15ClN2O.ClH/c14-11-4-2-1-3-10(11)12(17)16-8-7-15-13(9-16)5-6-13;/h1-4,15H,5-9H2;1H. The van der Waals surface area contributed by atoms with Gasteiger partial charge in [-0.05, 0) is 25.0 Å². The molecular formula is C13H16Cl2N2O. The normalized spacial score (nSPS) is 20.4. The van der Waals surface area contributed by atoms with Gasteiger partial charge in [0, 0.05) is 25.2 Å². The Labute approximate surface area is 118 Å². The van der Waals surface area contributed by atoms with E-state index in [2.05, 4.69) is 5.32 Å². The van der Waals surface area contributed by atoms with E-state index in [0.29, 0.717) is 10.6 Å². The van der Waals surface area contributed by atoms with Crippen molar-refractivity contribution in [3.05, 3.63) is 34.9 Å². The van der Waals surface area contributed by atoms with Crippen LogP contribution in [0.25, 0.3) is 0 Å². The Bertz CT molecular complexity index is 460. The molecule has 1 N–H and O–H groups in total. The quantitative estimate of drug-likeness (QED) is 0.860. The number of benzene rings is 1. The van der Waals surface area contributed by atoms with Crippen molar-refractivity contribution in [3.8, 4) is 0 Å². The molecule has 0 unspecified atom stereocenters. The summed E-state index contributed by atoms with van der Waals surface area (Å²) in [5.74, 6) is 0.0587. The van der Waals surface area contributed by atoms with Crippen LogP contribution in [-0.4, -0.2) is 36.0 Å². The Morgan fingerprint density at radius 3 is 2.72 bits per heavy atom. The van der Waals surface area contributed by atoms with Crippen LogP contribution in [0.5, 0.6) is 0 Å². The number of carbonyl (C=O) groups excluding carboxylic acids is 1. The third-order valence-electron chi connectivity index (χ3n) is 3.62. The van der Waals surface area contributed by atoms with Gasteiger partial charge in [-0.3, -0.25) is 4.79 Å². The lowest BCUT2D eigenvalue weighted by molar-refractivity contribution is 0.0691.